The van der Waals surface area contributed by atoms with Crippen LogP contribution < -0.4 is 5.32 Å². The molecule has 2 rings (SSSR count). The Morgan fingerprint density at radius 3 is 2.95 bits per heavy atom. The summed E-state index contributed by atoms with van der Waals surface area (Å²) in [5, 5.41) is 14.0. The van der Waals surface area contributed by atoms with Crippen molar-refractivity contribution in [2.24, 2.45) is 0 Å². The maximum Gasteiger partial charge on any atom is 0.293 e. The van der Waals surface area contributed by atoms with Crippen LogP contribution in [0.25, 0.3) is 0 Å². The molecular formula is C13H16N2O4. The lowest BCUT2D eigenvalue weighted by Gasteiger charge is -2.12. The molecule has 6 heteroatoms. The van der Waals surface area contributed by atoms with Gasteiger partial charge in [0.15, 0.2) is 5.78 Å². The highest BCUT2D eigenvalue weighted by Crippen LogP contribution is 2.26. The van der Waals surface area contributed by atoms with Gasteiger partial charge in [-0.15, -0.1) is 0 Å². The van der Waals surface area contributed by atoms with Crippen molar-refractivity contribution in [3.63, 3.8) is 0 Å². The maximum atomic E-state index is 11.2. The molecule has 0 radical (unpaired) electrons. The lowest BCUT2D eigenvalue weighted by Crippen LogP contribution is -2.19. The number of nitrogens with zero attached hydrogens (tertiary/aromatic N) is 1. The van der Waals surface area contributed by atoms with Gasteiger partial charge in [-0.25, -0.2) is 0 Å². The number of benzene rings is 1. The minimum Gasteiger partial charge on any atom is -0.377 e. The van der Waals surface area contributed by atoms with Gasteiger partial charge in [-0.3, -0.25) is 14.9 Å². The number of carbonyl (C=O) groups excluding carboxylic acids is 1. The molecule has 102 valence electrons. The normalized spacial score (nSPS) is 18.3. The fraction of sp³-hybridized carbons (Fsp3) is 0.462. The molecule has 0 saturated carbocycles. The zero-order valence-electron chi connectivity index (χ0n) is 10.7. The summed E-state index contributed by atoms with van der Waals surface area (Å²) in [7, 11) is 0. The minimum absolute atomic E-state index is 0.0781. The number of carbonyl (C=O) groups is 1. The molecule has 1 saturated heterocycles. The third kappa shape index (κ3) is 3.29. The fourth-order valence-corrected chi connectivity index (χ4v) is 2.08. The van der Waals surface area contributed by atoms with E-state index < -0.39 is 4.92 Å². The number of Topliss-reactive ketones (excluding diaryl/α,β-unsaturated/α-hetero) is 1. The molecule has 1 atom stereocenters. The number of anilines is 1. The first kappa shape index (κ1) is 13.5. The third-order valence-corrected chi connectivity index (χ3v) is 3.15. The number of rotatable bonds is 5. The van der Waals surface area contributed by atoms with E-state index >= 15 is 0 Å². The molecule has 1 aliphatic rings. The van der Waals surface area contributed by atoms with Crippen molar-refractivity contribution in [3.05, 3.63) is 33.9 Å². The molecule has 1 N–H and O–H groups in total. The van der Waals surface area contributed by atoms with E-state index in [0.717, 1.165) is 19.4 Å². The van der Waals surface area contributed by atoms with E-state index in [0.29, 0.717) is 17.8 Å². The van der Waals surface area contributed by atoms with Crippen LogP contribution in [0.4, 0.5) is 11.4 Å². The van der Waals surface area contributed by atoms with Crippen molar-refractivity contribution in [2.75, 3.05) is 18.5 Å². The summed E-state index contributed by atoms with van der Waals surface area (Å²) in [6.07, 6.45) is 2.09. The number of ketones is 1. The first-order valence-corrected chi connectivity index (χ1v) is 6.23. The van der Waals surface area contributed by atoms with Crippen LogP contribution in [0.1, 0.15) is 30.1 Å². The molecule has 1 aliphatic heterocycles. The number of nitro benzene ring substituents is 1. The Hall–Kier alpha value is -1.95. The van der Waals surface area contributed by atoms with Crippen LogP contribution in [0.3, 0.4) is 0 Å². The van der Waals surface area contributed by atoms with E-state index in [9.17, 15) is 14.9 Å². The highest BCUT2D eigenvalue weighted by molar-refractivity contribution is 5.95. The van der Waals surface area contributed by atoms with Crippen molar-refractivity contribution in [3.8, 4) is 0 Å². The van der Waals surface area contributed by atoms with Gasteiger partial charge in [0.05, 0.1) is 11.0 Å². The van der Waals surface area contributed by atoms with Gasteiger partial charge in [0.2, 0.25) is 0 Å². The third-order valence-electron chi connectivity index (χ3n) is 3.15. The minimum atomic E-state index is -0.482. The van der Waals surface area contributed by atoms with E-state index in [1.165, 1.54) is 13.0 Å². The highest BCUT2D eigenvalue weighted by atomic mass is 16.6. The van der Waals surface area contributed by atoms with E-state index in [-0.39, 0.29) is 17.6 Å². The van der Waals surface area contributed by atoms with Crippen molar-refractivity contribution in [1.29, 1.82) is 0 Å². The fourth-order valence-electron chi connectivity index (χ4n) is 2.08. The van der Waals surface area contributed by atoms with Gasteiger partial charge in [-0.05, 0) is 31.9 Å². The largest absolute Gasteiger partial charge is 0.377 e. The molecular weight excluding hydrogens is 248 g/mol. The quantitative estimate of drug-likeness (QED) is 0.501. The summed E-state index contributed by atoms with van der Waals surface area (Å²) in [6.45, 7) is 2.68. The molecule has 0 spiro atoms. The van der Waals surface area contributed by atoms with Gasteiger partial charge in [-0.2, -0.15) is 0 Å². The zero-order valence-corrected chi connectivity index (χ0v) is 10.7. The van der Waals surface area contributed by atoms with Crippen molar-refractivity contribution < 1.29 is 14.5 Å². The number of nitro groups is 1. The maximum absolute atomic E-state index is 11.2. The molecule has 6 nitrogen and oxygen atoms in total. The second-order valence-electron chi connectivity index (χ2n) is 4.56. The number of hydrogen-bond acceptors (Lipinski definition) is 5. The van der Waals surface area contributed by atoms with Crippen LogP contribution in [0.2, 0.25) is 0 Å². The Bertz CT molecular complexity index is 495. The summed E-state index contributed by atoms with van der Waals surface area (Å²) in [4.78, 5) is 21.8. The predicted octanol–water partition coefficient (Wildman–Crippen LogP) is 2.39. The molecule has 0 unspecified atom stereocenters. The van der Waals surface area contributed by atoms with E-state index in [4.69, 9.17) is 4.74 Å². The molecule has 19 heavy (non-hydrogen) atoms. The smallest absolute Gasteiger partial charge is 0.293 e. The molecule has 0 bridgehead atoms. The molecule has 0 aliphatic carbocycles. The topological polar surface area (TPSA) is 81.5 Å². The van der Waals surface area contributed by atoms with Crippen molar-refractivity contribution in [2.45, 2.75) is 25.9 Å². The summed E-state index contributed by atoms with van der Waals surface area (Å²) in [5.41, 5.74) is 0.686. The lowest BCUT2D eigenvalue weighted by atomic mass is 10.1. The summed E-state index contributed by atoms with van der Waals surface area (Å²) in [5.74, 6) is -0.186. The van der Waals surface area contributed by atoms with Crippen LogP contribution in [0, 0.1) is 10.1 Å². The van der Waals surface area contributed by atoms with E-state index in [2.05, 4.69) is 5.32 Å². The van der Waals surface area contributed by atoms with Gasteiger partial charge >= 0.3 is 0 Å². The molecule has 1 fully saturated rings. The average molecular weight is 264 g/mol. The Kier molecular flexibility index (Phi) is 4.11. The number of ether oxygens (including phenoxy) is 1. The van der Waals surface area contributed by atoms with Gasteiger partial charge < -0.3 is 10.1 Å². The predicted molar refractivity (Wildman–Crippen MR) is 70.6 cm³/mol. The standard InChI is InChI=1S/C13H16N2O4/c1-9(16)10-4-5-12(13(7-10)15(17)18)14-8-11-3-2-6-19-11/h4-5,7,11,14H,2-3,6,8H2,1H3/t11-/m0/s1. The second-order valence-corrected chi connectivity index (χ2v) is 4.56. The van der Waals surface area contributed by atoms with Gasteiger partial charge in [0.25, 0.3) is 5.69 Å². The van der Waals surface area contributed by atoms with Crippen LogP contribution >= 0.6 is 0 Å². The first-order valence-electron chi connectivity index (χ1n) is 6.23. The SMILES string of the molecule is CC(=O)c1ccc(NC[C@@H]2CCCO2)c([N+](=O)[O-])c1. The Morgan fingerprint density at radius 2 is 2.37 bits per heavy atom. The molecule has 0 amide bonds. The summed E-state index contributed by atoms with van der Waals surface area (Å²) >= 11 is 0. The molecule has 0 aromatic heterocycles. The first-order chi connectivity index (χ1) is 9.08. The molecule has 1 heterocycles. The molecule has 1 aromatic rings. The zero-order chi connectivity index (χ0) is 13.8. The van der Waals surface area contributed by atoms with Gasteiger partial charge in [-0.1, -0.05) is 0 Å². The summed E-state index contributed by atoms with van der Waals surface area (Å²) < 4.78 is 5.45. The van der Waals surface area contributed by atoms with Crippen LogP contribution in [-0.4, -0.2) is 30.0 Å². The summed E-state index contributed by atoms with van der Waals surface area (Å²) in [6, 6.07) is 4.47. The van der Waals surface area contributed by atoms with Crippen molar-refractivity contribution >= 4 is 17.2 Å². The van der Waals surface area contributed by atoms with Crippen LogP contribution in [-0.2, 0) is 4.74 Å². The van der Waals surface area contributed by atoms with Crippen LogP contribution in [0.15, 0.2) is 18.2 Å². The lowest BCUT2D eigenvalue weighted by molar-refractivity contribution is -0.384. The number of nitrogens with one attached hydrogen (secondary N) is 1. The second kappa shape index (κ2) is 5.79. The number of hydrogen-bond donors (Lipinski definition) is 1. The van der Waals surface area contributed by atoms with Crippen molar-refractivity contribution in [1.82, 2.24) is 0 Å². The average Bonchev–Trinajstić information content (AvgIpc) is 2.89. The Balaban J connectivity index is 2.14. The Morgan fingerprint density at radius 1 is 1.58 bits per heavy atom. The van der Waals surface area contributed by atoms with Crippen LogP contribution in [0.5, 0.6) is 0 Å². The Labute approximate surface area is 110 Å². The van der Waals surface area contributed by atoms with E-state index in [1.807, 2.05) is 0 Å². The van der Waals surface area contributed by atoms with E-state index in [1.54, 1.807) is 12.1 Å². The monoisotopic (exact) mass is 264 g/mol. The highest BCUT2D eigenvalue weighted by Gasteiger charge is 2.19. The molecule has 1 aromatic carbocycles. The van der Waals surface area contributed by atoms with Gasteiger partial charge in [0, 0.05) is 24.8 Å². The van der Waals surface area contributed by atoms with Gasteiger partial charge in [0.1, 0.15) is 5.69 Å².